The van der Waals surface area contributed by atoms with E-state index in [1.54, 1.807) is 31.2 Å². The topological polar surface area (TPSA) is 61.8 Å². The monoisotopic (exact) mass is 318 g/mol. The molecule has 1 aromatic rings. The van der Waals surface area contributed by atoms with Crippen LogP contribution in [0.5, 0.6) is 0 Å². The molecule has 124 valence electrons. The zero-order chi connectivity index (χ0) is 17.3. The first-order valence-corrected chi connectivity index (χ1v) is 7.36. The Hall–Kier alpha value is -2.32. The molecule has 0 radical (unpaired) electrons. The van der Waals surface area contributed by atoms with E-state index in [2.05, 4.69) is 16.6 Å². The molecule has 1 rings (SSSR count). The van der Waals surface area contributed by atoms with E-state index < -0.39 is 23.6 Å². The fourth-order valence-electron chi connectivity index (χ4n) is 2.12. The standard InChI is InChI=1S/C18H22O5/c1-5-12-18(22-4,14-10-8-7-9-11-14)17(20)23-15(6-2)13-16(19)21-3/h7-11,15H,6,13H2,1-4H3/t15-,18-/m1/s1. The number of carbonyl (C=O) groups excluding carboxylic acids is 2. The van der Waals surface area contributed by atoms with Gasteiger partial charge in [0.15, 0.2) is 0 Å². The summed E-state index contributed by atoms with van der Waals surface area (Å²) in [7, 11) is 2.70. The Morgan fingerprint density at radius 1 is 1.22 bits per heavy atom. The van der Waals surface area contributed by atoms with E-state index in [-0.39, 0.29) is 6.42 Å². The van der Waals surface area contributed by atoms with Crippen molar-refractivity contribution in [3.05, 3.63) is 35.9 Å². The molecule has 0 aliphatic rings. The minimum Gasteiger partial charge on any atom is -0.469 e. The van der Waals surface area contributed by atoms with Gasteiger partial charge in [-0.15, -0.1) is 5.92 Å². The highest BCUT2D eigenvalue weighted by Gasteiger charge is 2.42. The molecule has 0 aromatic heterocycles. The van der Waals surface area contributed by atoms with Crippen LogP contribution in [-0.2, 0) is 29.4 Å². The first-order chi connectivity index (χ1) is 11.0. The van der Waals surface area contributed by atoms with Crippen LogP contribution in [0.25, 0.3) is 0 Å². The summed E-state index contributed by atoms with van der Waals surface area (Å²) in [6, 6.07) is 8.91. The van der Waals surface area contributed by atoms with Crippen LogP contribution in [-0.4, -0.2) is 32.3 Å². The second kappa shape index (κ2) is 8.96. The molecule has 0 N–H and O–H groups in total. The Kier molecular flexibility index (Phi) is 7.30. The molecule has 2 atom stereocenters. The molecule has 1 aromatic carbocycles. The maximum Gasteiger partial charge on any atom is 0.356 e. The van der Waals surface area contributed by atoms with Crippen LogP contribution in [0.2, 0.25) is 0 Å². The molecule has 0 unspecified atom stereocenters. The molecule has 0 saturated heterocycles. The minimum atomic E-state index is -1.51. The van der Waals surface area contributed by atoms with Gasteiger partial charge in [-0.3, -0.25) is 4.79 Å². The molecule has 5 nitrogen and oxygen atoms in total. The first-order valence-electron chi connectivity index (χ1n) is 7.36. The fraction of sp³-hybridized carbons (Fsp3) is 0.444. The summed E-state index contributed by atoms with van der Waals surface area (Å²) in [5.74, 6) is 4.43. The third-order valence-electron chi connectivity index (χ3n) is 3.43. The van der Waals surface area contributed by atoms with Crippen LogP contribution in [0.3, 0.4) is 0 Å². The van der Waals surface area contributed by atoms with Gasteiger partial charge in [-0.25, -0.2) is 4.79 Å². The maximum absolute atomic E-state index is 12.7. The van der Waals surface area contributed by atoms with Crippen LogP contribution >= 0.6 is 0 Å². The highest BCUT2D eigenvalue weighted by atomic mass is 16.6. The van der Waals surface area contributed by atoms with Crippen molar-refractivity contribution in [1.29, 1.82) is 0 Å². The van der Waals surface area contributed by atoms with Crippen LogP contribution < -0.4 is 0 Å². The number of esters is 2. The lowest BCUT2D eigenvalue weighted by atomic mass is 9.94. The quantitative estimate of drug-likeness (QED) is 0.571. The molecule has 0 spiro atoms. The van der Waals surface area contributed by atoms with Crippen LogP contribution in [0.15, 0.2) is 30.3 Å². The molecule has 0 aliphatic carbocycles. The summed E-state index contributed by atoms with van der Waals surface area (Å²) < 4.78 is 15.5. The Labute approximate surface area is 136 Å². The summed E-state index contributed by atoms with van der Waals surface area (Å²) in [5, 5.41) is 0. The van der Waals surface area contributed by atoms with Crippen molar-refractivity contribution in [2.45, 2.75) is 38.4 Å². The van der Waals surface area contributed by atoms with E-state index in [1.807, 2.05) is 13.0 Å². The van der Waals surface area contributed by atoms with Crippen molar-refractivity contribution in [2.24, 2.45) is 0 Å². The van der Waals surface area contributed by atoms with Crippen molar-refractivity contribution in [3.8, 4) is 11.8 Å². The maximum atomic E-state index is 12.7. The molecule has 5 heteroatoms. The summed E-state index contributed by atoms with van der Waals surface area (Å²) >= 11 is 0. The Bertz CT molecular complexity index is 584. The third kappa shape index (κ3) is 4.57. The molecule has 0 aliphatic heterocycles. The second-order valence-corrected chi connectivity index (χ2v) is 4.84. The highest BCUT2D eigenvalue weighted by molar-refractivity contribution is 5.86. The van der Waals surface area contributed by atoms with Crippen LogP contribution in [0.4, 0.5) is 0 Å². The van der Waals surface area contributed by atoms with Gasteiger partial charge in [0, 0.05) is 12.7 Å². The summed E-state index contributed by atoms with van der Waals surface area (Å²) in [4.78, 5) is 24.1. The van der Waals surface area contributed by atoms with Crippen molar-refractivity contribution < 1.29 is 23.8 Å². The van der Waals surface area contributed by atoms with Gasteiger partial charge < -0.3 is 14.2 Å². The predicted molar refractivity (Wildman–Crippen MR) is 85.4 cm³/mol. The normalized spacial score (nSPS) is 13.9. The van der Waals surface area contributed by atoms with E-state index in [1.165, 1.54) is 14.2 Å². The van der Waals surface area contributed by atoms with Crippen molar-refractivity contribution in [1.82, 2.24) is 0 Å². The number of hydrogen-bond acceptors (Lipinski definition) is 5. The van der Waals surface area contributed by atoms with Gasteiger partial charge in [-0.2, -0.15) is 0 Å². The third-order valence-corrected chi connectivity index (χ3v) is 3.43. The largest absolute Gasteiger partial charge is 0.469 e. The average Bonchev–Trinajstić information content (AvgIpc) is 2.59. The number of hydrogen-bond donors (Lipinski definition) is 0. The fourth-order valence-corrected chi connectivity index (χ4v) is 2.12. The molecule has 0 heterocycles. The van der Waals surface area contributed by atoms with Gasteiger partial charge >= 0.3 is 11.9 Å². The second-order valence-electron chi connectivity index (χ2n) is 4.84. The molecular weight excluding hydrogens is 296 g/mol. The molecule has 0 amide bonds. The average molecular weight is 318 g/mol. The number of carbonyl (C=O) groups is 2. The first kappa shape index (κ1) is 18.7. The summed E-state index contributed by atoms with van der Waals surface area (Å²) in [6.07, 6.45) is -0.117. The lowest BCUT2D eigenvalue weighted by Crippen LogP contribution is -2.40. The van der Waals surface area contributed by atoms with Gasteiger partial charge in [0.2, 0.25) is 0 Å². The van der Waals surface area contributed by atoms with Crippen LogP contribution in [0, 0.1) is 11.8 Å². The van der Waals surface area contributed by atoms with Crippen molar-refractivity contribution in [2.75, 3.05) is 14.2 Å². The van der Waals surface area contributed by atoms with E-state index in [0.29, 0.717) is 12.0 Å². The van der Waals surface area contributed by atoms with Gasteiger partial charge in [0.25, 0.3) is 5.60 Å². The van der Waals surface area contributed by atoms with Gasteiger partial charge in [-0.1, -0.05) is 43.2 Å². The Morgan fingerprint density at radius 2 is 1.87 bits per heavy atom. The minimum absolute atomic E-state index is 0.00707. The SMILES string of the molecule is CC#C[C@](OC)(C(=O)O[C@H](CC)CC(=O)OC)c1ccccc1. The van der Waals surface area contributed by atoms with Gasteiger partial charge in [-0.05, 0) is 13.3 Å². The summed E-state index contributed by atoms with van der Waals surface area (Å²) in [6.45, 7) is 3.44. The highest BCUT2D eigenvalue weighted by Crippen LogP contribution is 2.27. The van der Waals surface area contributed by atoms with Crippen LogP contribution in [0.1, 0.15) is 32.3 Å². The smallest absolute Gasteiger partial charge is 0.356 e. The Morgan fingerprint density at radius 3 is 2.35 bits per heavy atom. The van der Waals surface area contributed by atoms with E-state index >= 15 is 0 Å². The number of methoxy groups -OCH3 is 2. The Balaban J connectivity index is 3.09. The molecule has 23 heavy (non-hydrogen) atoms. The number of benzene rings is 1. The van der Waals surface area contributed by atoms with Crippen molar-refractivity contribution in [3.63, 3.8) is 0 Å². The van der Waals surface area contributed by atoms with E-state index in [4.69, 9.17) is 9.47 Å². The lowest BCUT2D eigenvalue weighted by Gasteiger charge is -2.27. The van der Waals surface area contributed by atoms with Crippen molar-refractivity contribution >= 4 is 11.9 Å². The zero-order valence-electron chi connectivity index (χ0n) is 13.9. The predicted octanol–water partition coefficient (Wildman–Crippen LogP) is 2.44. The van der Waals surface area contributed by atoms with Gasteiger partial charge in [0.05, 0.1) is 13.5 Å². The molecule has 0 fully saturated rings. The number of rotatable bonds is 7. The zero-order valence-corrected chi connectivity index (χ0v) is 13.9. The molecule has 0 saturated carbocycles. The number of ether oxygens (including phenoxy) is 3. The van der Waals surface area contributed by atoms with Gasteiger partial charge in [0.1, 0.15) is 6.10 Å². The summed E-state index contributed by atoms with van der Waals surface area (Å²) in [5.41, 5.74) is -0.936. The van der Waals surface area contributed by atoms with E-state index in [9.17, 15) is 9.59 Å². The molecule has 0 bridgehead atoms. The molecular formula is C18H22O5. The lowest BCUT2D eigenvalue weighted by molar-refractivity contribution is -0.171. The van der Waals surface area contributed by atoms with E-state index in [0.717, 1.165) is 0 Å².